The number of likely N-dealkylation sites (tertiary alicyclic amines) is 1. The Morgan fingerprint density at radius 1 is 1.05 bits per heavy atom. The number of rotatable bonds is 10. The molecule has 4 atom stereocenters. The average Bonchev–Trinajstić information content (AvgIpc) is 2.94. The SMILES string of the molecule is C#C.CC.CC(C)(C)NC=O.CC(C)(CC(=O)N[C@@H](Cc1ccccc1)[C@H](O)CN1CCC2CCCC[C@@H]2C1)C(N)=O. The van der Waals surface area contributed by atoms with Crippen molar-refractivity contribution in [3.63, 3.8) is 0 Å². The van der Waals surface area contributed by atoms with Crippen molar-refractivity contribution in [2.75, 3.05) is 19.6 Å². The molecule has 3 rings (SSSR count). The Bertz CT molecular complexity index is 926. The number of fused-ring (bicyclic) bond motifs is 1. The topological polar surface area (TPSA) is 125 Å². The van der Waals surface area contributed by atoms with Crippen LogP contribution in [0.2, 0.25) is 0 Å². The predicted molar refractivity (Wildman–Crippen MR) is 172 cm³/mol. The number of amides is 3. The lowest BCUT2D eigenvalue weighted by atomic mass is 9.75. The Balaban J connectivity index is 0.00000132. The molecule has 1 aromatic rings. The number of terminal acetylenes is 1. The number of aliphatic hydroxyl groups is 1. The highest BCUT2D eigenvalue weighted by atomic mass is 16.3. The maximum Gasteiger partial charge on any atom is 0.223 e. The maximum absolute atomic E-state index is 12.7. The van der Waals surface area contributed by atoms with Crippen LogP contribution in [0.3, 0.4) is 0 Å². The Morgan fingerprint density at radius 2 is 1.62 bits per heavy atom. The van der Waals surface area contributed by atoms with Crippen LogP contribution in [-0.2, 0) is 20.8 Å². The van der Waals surface area contributed by atoms with Crippen LogP contribution < -0.4 is 16.4 Å². The number of benzene rings is 1. The van der Waals surface area contributed by atoms with Crippen molar-refractivity contribution >= 4 is 18.2 Å². The van der Waals surface area contributed by atoms with Crippen molar-refractivity contribution in [1.29, 1.82) is 0 Å². The summed E-state index contributed by atoms with van der Waals surface area (Å²) in [6.07, 6.45) is 15.1. The van der Waals surface area contributed by atoms with Crippen LogP contribution in [0.4, 0.5) is 0 Å². The molecule has 238 valence electrons. The van der Waals surface area contributed by atoms with Gasteiger partial charge in [0.2, 0.25) is 18.2 Å². The van der Waals surface area contributed by atoms with Crippen LogP contribution >= 0.6 is 0 Å². The van der Waals surface area contributed by atoms with E-state index >= 15 is 0 Å². The normalized spacial score (nSPS) is 19.8. The van der Waals surface area contributed by atoms with E-state index < -0.39 is 23.5 Å². The number of piperidine rings is 1. The fraction of sp³-hybridized carbons (Fsp3) is 0.676. The zero-order valence-electron chi connectivity index (χ0n) is 27.2. The first-order chi connectivity index (χ1) is 19.8. The number of carbonyl (C=O) groups is 3. The van der Waals surface area contributed by atoms with Gasteiger partial charge < -0.3 is 26.4 Å². The first-order valence-corrected chi connectivity index (χ1v) is 15.4. The number of aliphatic hydroxyl groups excluding tert-OH is 1. The van der Waals surface area contributed by atoms with Gasteiger partial charge in [0.1, 0.15) is 0 Å². The van der Waals surface area contributed by atoms with E-state index in [1.165, 1.54) is 32.1 Å². The Labute approximate surface area is 255 Å². The predicted octanol–water partition coefficient (Wildman–Crippen LogP) is 4.30. The number of nitrogens with one attached hydrogen (secondary N) is 2. The van der Waals surface area contributed by atoms with Gasteiger partial charge in [-0.2, -0.15) is 0 Å². The molecule has 5 N–H and O–H groups in total. The van der Waals surface area contributed by atoms with E-state index in [9.17, 15) is 19.5 Å². The maximum atomic E-state index is 12.7. The van der Waals surface area contributed by atoms with E-state index in [-0.39, 0.29) is 17.9 Å². The number of nitrogens with two attached hydrogens (primary N) is 1. The zero-order chi connectivity index (χ0) is 32.3. The molecule has 42 heavy (non-hydrogen) atoms. The van der Waals surface area contributed by atoms with E-state index in [1.54, 1.807) is 13.8 Å². The summed E-state index contributed by atoms with van der Waals surface area (Å²) in [6.45, 7) is 15.8. The molecule has 1 aromatic carbocycles. The van der Waals surface area contributed by atoms with Crippen molar-refractivity contribution in [1.82, 2.24) is 15.5 Å². The first-order valence-electron chi connectivity index (χ1n) is 15.4. The molecule has 2 aliphatic rings. The van der Waals surface area contributed by atoms with Gasteiger partial charge in [-0.3, -0.25) is 14.4 Å². The minimum Gasteiger partial charge on any atom is -0.390 e. The lowest BCUT2D eigenvalue weighted by Gasteiger charge is -2.42. The Morgan fingerprint density at radius 3 is 2.12 bits per heavy atom. The summed E-state index contributed by atoms with van der Waals surface area (Å²) >= 11 is 0. The fourth-order valence-corrected chi connectivity index (χ4v) is 5.31. The monoisotopic (exact) mass is 586 g/mol. The van der Waals surface area contributed by atoms with E-state index in [0.717, 1.165) is 30.5 Å². The van der Waals surface area contributed by atoms with Gasteiger partial charge >= 0.3 is 0 Å². The molecule has 1 saturated heterocycles. The van der Waals surface area contributed by atoms with Gasteiger partial charge in [-0.05, 0) is 64.0 Å². The largest absolute Gasteiger partial charge is 0.390 e. The minimum absolute atomic E-state index is 0.00775. The lowest BCUT2D eigenvalue weighted by Crippen LogP contribution is -2.52. The molecule has 1 unspecified atom stereocenters. The lowest BCUT2D eigenvalue weighted by molar-refractivity contribution is -0.133. The van der Waals surface area contributed by atoms with Gasteiger partial charge in [0, 0.05) is 25.0 Å². The van der Waals surface area contributed by atoms with E-state index in [1.807, 2.05) is 65.0 Å². The number of hydrogen-bond donors (Lipinski definition) is 4. The zero-order valence-corrected chi connectivity index (χ0v) is 27.2. The van der Waals surface area contributed by atoms with Crippen molar-refractivity contribution in [3.8, 4) is 12.8 Å². The summed E-state index contributed by atoms with van der Waals surface area (Å²) in [5, 5.41) is 16.7. The molecule has 1 heterocycles. The molecule has 0 bridgehead atoms. The quantitative estimate of drug-likeness (QED) is 0.240. The van der Waals surface area contributed by atoms with Gasteiger partial charge in [0.15, 0.2) is 0 Å². The highest BCUT2D eigenvalue weighted by Gasteiger charge is 2.34. The summed E-state index contributed by atoms with van der Waals surface area (Å²) in [4.78, 5) is 36.4. The standard InChI is InChI=1S/C25H39N3O3.C5H11NO.C2H6.C2H2/c1-25(2,24(26)31)15-23(30)27-21(14-18-8-4-3-5-9-18)22(29)17-28-13-12-19-10-6-7-11-20(19)16-28;1-5(2,3)6-4-7;2*1-2/h3-5,8-9,19-22,29H,6-7,10-17H2,1-2H3,(H2,26,31)(H,27,30);4H,1-3H3,(H,6,7);1-2H3;1-2H/t19?,20-,21+,22-;;;/m1.../s1. The molecule has 2 fully saturated rings. The van der Waals surface area contributed by atoms with Crippen LogP contribution in [0.1, 0.15) is 92.6 Å². The van der Waals surface area contributed by atoms with Gasteiger partial charge in [0.25, 0.3) is 0 Å². The Kier molecular flexibility index (Phi) is 18.7. The van der Waals surface area contributed by atoms with E-state index in [2.05, 4.69) is 28.4 Å². The van der Waals surface area contributed by atoms with Crippen LogP contribution in [0.5, 0.6) is 0 Å². The Hall–Kier alpha value is -2.89. The summed E-state index contributed by atoms with van der Waals surface area (Å²) in [6, 6.07) is 9.48. The summed E-state index contributed by atoms with van der Waals surface area (Å²) in [5.41, 5.74) is 5.51. The second-order valence-corrected chi connectivity index (χ2v) is 12.7. The molecular weight excluding hydrogens is 528 g/mol. The highest BCUT2D eigenvalue weighted by molar-refractivity contribution is 5.87. The molecular formula is C34H58N4O4. The molecule has 0 spiro atoms. The van der Waals surface area contributed by atoms with Crippen molar-refractivity contribution in [3.05, 3.63) is 35.9 Å². The average molecular weight is 587 g/mol. The minimum atomic E-state index is -0.921. The first kappa shape index (κ1) is 39.1. The van der Waals surface area contributed by atoms with E-state index in [4.69, 9.17) is 5.73 Å². The third kappa shape index (κ3) is 15.4. The number of primary amides is 1. The second kappa shape index (κ2) is 20.1. The molecule has 0 radical (unpaired) electrons. The summed E-state index contributed by atoms with van der Waals surface area (Å²) in [7, 11) is 0. The third-order valence-electron chi connectivity index (χ3n) is 7.69. The highest BCUT2D eigenvalue weighted by Crippen LogP contribution is 2.36. The van der Waals surface area contributed by atoms with Crippen LogP contribution in [-0.4, -0.2) is 65.5 Å². The van der Waals surface area contributed by atoms with Crippen LogP contribution in [0.15, 0.2) is 30.3 Å². The number of nitrogens with zero attached hydrogens (tertiary/aromatic N) is 1. The fourth-order valence-electron chi connectivity index (χ4n) is 5.31. The van der Waals surface area contributed by atoms with Gasteiger partial charge in [0.05, 0.1) is 17.6 Å². The molecule has 1 saturated carbocycles. The van der Waals surface area contributed by atoms with Crippen molar-refractivity contribution < 1.29 is 19.5 Å². The molecule has 1 aliphatic carbocycles. The second-order valence-electron chi connectivity index (χ2n) is 12.7. The molecule has 8 nitrogen and oxygen atoms in total. The number of carbonyl (C=O) groups excluding carboxylic acids is 3. The summed E-state index contributed by atoms with van der Waals surface area (Å²) in [5.74, 6) is 0.833. The molecule has 3 amide bonds. The van der Waals surface area contributed by atoms with Crippen LogP contribution in [0, 0.1) is 30.1 Å². The smallest absolute Gasteiger partial charge is 0.223 e. The molecule has 1 aliphatic heterocycles. The van der Waals surface area contributed by atoms with Gasteiger partial charge in [-0.15, -0.1) is 12.8 Å². The number of hydrogen-bond acceptors (Lipinski definition) is 5. The van der Waals surface area contributed by atoms with Crippen molar-refractivity contribution in [2.24, 2.45) is 23.0 Å². The third-order valence-corrected chi connectivity index (χ3v) is 7.69. The van der Waals surface area contributed by atoms with Crippen molar-refractivity contribution in [2.45, 2.75) is 111 Å². The summed E-state index contributed by atoms with van der Waals surface area (Å²) < 4.78 is 0. The van der Waals surface area contributed by atoms with Gasteiger partial charge in [-0.1, -0.05) is 77.3 Å². The number of β-amino-alcohol motifs (C(OH)–C–C–N with tert-alkyl or cyclic N) is 1. The van der Waals surface area contributed by atoms with Crippen LogP contribution in [0.25, 0.3) is 0 Å². The van der Waals surface area contributed by atoms with E-state index in [0.29, 0.717) is 19.4 Å². The molecule has 0 aromatic heterocycles. The van der Waals surface area contributed by atoms with Gasteiger partial charge in [-0.25, -0.2) is 0 Å². The molecule has 8 heteroatoms.